The maximum Gasteiger partial charge on any atom is 0.120 e. The van der Waals surface area contributed by atoms with Gasteiger partial charge >= 0.3 is 0 Å². The lowest BCUT2D eigenvalue weighted by Crippen LogP contribution is -2.01. The number of ether oxygens (including phenoxy) is 2. The lowest BCUT2D eigenvalue weighted by atomic mass is 10.2. The summed E-state index contributed by atoms with van der Waals surface area (Å²) in [4.78, 5) is 0. The standard InChI is InChI=1S/C21H19BrO2/c22-19-7-4-8-21(15-19)24-16-18-9-11-20(12-10-18)23-14-13-17-5-2-1-3-6-17/h1-12,15H,13-14,16H2. The predicted molar refractivity (Wildman–Crippen MR) is 101 cm³/mol. The lowest BCUT2D eigenvalue weighted by Gasteiger charge is -2.09. The zero-order valence-corrected chi connectivity index (χ0v) is 14.9. The molecule has 0 unspecified atom stereocenters. The highest BCUT2D eigenvalue weighted by Crippen LogP contribution is 2.19. The van der Waals surface area contributed by atoms with Crippen molar-refractivity contribution in [2.45, 2.75) is 13.0 Å². The van der Waals surface area contributed by atoms with Gasteiger partial charge in [0.25, 0.3) is 0 Å². The van der Waals surface area contributed by atoms with Crippen LogP contribution in [0.4, 0.5) is 0 Å². The highest BCUT2D eigenvalue weighted by molar-refractivity contribution is 9.10. The molecule has 0 atom stereocenters. The molecule has 0 bridgehead atoms. The Morgan fingerprint density at radius 1 is 0.667 bits per heavy atom. The fourth-order valence-electron chi connectivity index (χ4n) is 2.34. The molecule has 0 aliphatic heterocycles. The summed E-state index contributed by atoms with van der Waals surface area (Å²) < 4.78 is 12.6. The smallest absolute Gasteiger partial charge is 0.120 e. The molecule has 0 heterocycles. The van der Waals surface area contributed by atoms with Crippen molar-refractivity contribution in [2.75, 3.05) is 6.61 Å². The molecule has 0 radical (unpaired) electrons. The van der Waals surface area contributed by atoms with E-state index in [1.165, 1.54) is 5.56 Å². The molecule has 2 nitrogen and oxygen atoms in total. The zero-order chi connectivity index (χ0) is 16.6. The van der Waals surface area contributed by atoms with Crippen LogP contribution in [0.25, 0.3) is 0 Å². The van der Waals surface area contributed by atoms with E-state index >= 15 is 0 Å². The molecule has 0 N–H and O–H groups in total. The highest BCUT2D eigenvalue weighted by Gasteiger charge is 1.99. The molecule has 0 saturated carbocycles. The molecule has 0 spiro atoms. The fraction of sp³-hybridized carbons (Fsp3) is 0.143. The van der Waals surface area contributed by atoms with Crippen molar-refractivity contribution in [1.29, 1.82) is 0 Å². The van der Waals surface area contributed by atoms with Gasteiger partial charge in [-0.05, 0) is 41.5 Å². The third-order valence-electron chi connectivity index (χ3n) is 3.63. The first-order valence-corrected chi connectivity index (χ1v) is 8.73. The first kappa shape index (κ1) is 16.6. The van der Waals surface area contributed by atoms with Crippen molar-refractivity contribution in [3.05, 3.63) is 94.5 Å². The lowest BCUT2D eigenvalue weighted by molar-refractivity contribution is 0.304. The predicted octanol–water partition coefficient (Wildman–Crippen LogP) is 5.65. The third kappa shape index (κ3) is 5.14. The summed E-state index contributed by atoms with van der Waals surface area (Å²) in [6.07, 6.45) is 0.911. The Bertz CT molecular complexity index is 754. The molecule has 0 fully saturated rings. The van der Waals surface area contributed by atoms with Crippen LogP contribution >= 0.6 is 15.9 Å². The van der Waals surface area contributed by atoms with Crippen molar-refractivity contribution in [2.24, 2.45) is 0 Å². The molecule has 0 saturated heterocycles. The van der Waals surface area contributed by atoms with Gasteiger partial charge in [0.15, 0.2) is 0 Å². The molecule has 0 aliphatic carbocycles. The summed E-state index contributed by atoms with van der Waals surface area (Å²) >= 11 is 3.44. The van der Waals surface area contributed by atoms with Gasteiger partial charge in [-0.1, -0.05) is 64.5 Å². The molecule has 0 aromatic heterocycles. The Morgan fingerprint density at radius 2 is 1.46 bits per heavy atom. The first-order valence-electron chi connectivity index (χ1n) is 7.94. The summed E-state index contributed by atoms with van der Waals surface area (Å²) in [7, 11) is 0. The molecule has 122 valence electrons. The summed E-state index contributed by atoms with van der Waals surface area (Å²) in [5, 5.41) is 0. The SMILES string of the molecule is Brc1cccc(OCc2ccc(OCCc3ccccc3)cc2)c1. The van der Waals surface area contributed by atoms with E-state index < -0.39 is 0 Å². The monoisotopic (exact) mass is 382 g/mol. The van der Waals surface area contributed by atoms with E-state index in [4.69, 9.17) is 9.47 Å². The molecule has 0 amide bonds. The summed E-state index contributed by atoms with van der Waals surface area (Å²) in [6.45, 7) is 1.22. The van der Waals surface area contributed by atoms with Gasteiger partial charge in [-0.15, -0.1) is 0 Å². The minimum atomic E-state index is 0.542. The maximum atomic E-state index is 5.80. The Labute approximate surface area is 151 Å². The summed E-state index contributed by atoms with van der Waals surface area (Å²) in [5.74, 6) is 1.74. The topological polar surface area (TPSA) is 18.5 Å². The van der Waals surface area contributed by atoms with Crippen LogP contribution in [0.1, 0.15) is 11.1 Å². The molecule has 24 heavy (non-hydrogen) atoms. The normalized spacial score (nSPS) is 10.4. The second-order valence-corrected chi connectivity index (χ2v) is 6.39. The Hall–Kier alpha value is -2.26. The Balaban J connectivity index is 1.46. The highest BCUT2D eigenvalue weighted by atomic mass is 79.9. The number of hydrogen-bond acceptors (Lipinski definition) is 2. The van der Waals surface area contributed by atoms with Crippen molar-refractivity contribution in [3.63, 3.8) is 0 Å². The van der Waals surface area contributed by atoms with Gasteiger partial charge in [-0.25, -0.2) is 0 Å². The van der Waals surface area contributed by atoms with Gasteiger partial charge in [0.05, 0.1) is 6.61 Å². The number of rotatable bonds is 7. The van der Waals surface area contributed by atoms with Crippen LogP contribution in [-0.2, 0) is 13.0 Å². The van der Waals surface area contributed by atoms with Gasteiger partial charge in [0, 0.05) is 10.9 Å². The fourth-order valence-corrected chi connectivity index (χ4v) is 2.71. The number of halogens is 1. The quantitative estimate of drug-likeness (QED) is 0.525. The molecular formula is C21H19BrO2. The summed E-state index contributed by atoms with van der Waals surface area (Å²) in [6, 6.07) is 26.3. The van der Waals surface area contributed by atoms with Crippen molar-refractivity contribution < 1.29 is 9.47 Å². The largest absolute Gasteiger partial charge is 0.493 e. The van der Waals surface area contributed by atoms with Gasteiger partial charge < -0.3 is 9.47 Å². The van der Waals surface area contributed by atoms with Gasteiger partial charge in [0.1, 0.15) is 18.1 Å². The number of benzene rings is 3. The molecule has 3 aromatic carbocycles. The average molecular weight is 383 g/mol. The Kier molecular flexibility index (Phi) is 5.91. The Morgan fingerprint density at radius 3 is 2.21 bits per heavy atom. The van der Waals surface area contributed by atoms with E-state index in [1.54, 1.807) is 0 Å². The molecule has 3 rings (SSSR count). The molecule has 0 aliphatic rings. The van der Waals surface area contributed by atoms with Gasteiger partial charge in [-0.3, -0.25) is 0 Å². The van der Waals surface area contributed by atoms with E-state index in [0.29, 0.717) is 13.2 Å². The molecule has 3 heteroatoms. The van der Waals surface area contributed by atoms with Crippen LogP contribution in [0.5, 0.6) is 11.5 Å². The van der Waals surface area contributed by atoms with E-state index in [9.17, 15) is 0 Å². The van der Waals surface area contributed by atoms with E-state index in [2.05, 4.69) is 40.2 Å². The van der Waals surface area contributed by atoms with Crippen LogP contribution < -0.4 is 9.47 Å². The number of hydrogen-bond donors (Lipinski definition) is 0. The minimum absolute atomic E-state index is 0.542. The van der Waals surface area contributed by atoms with Crippen LogP contribution in [0.3, 0.4) is 0 Å². The molecule has 3 aromatic rings. The van der Waals surface area contributed by atoms with Crippen molar-refractivity contribution in [1.82, 2.24) is 0 Å². The third-order valence-corrected chi connectivity index (χ3v) is 4.12. The second kappa shape index (κ2) is 8.55. The van der Waals surface area contributed by atoms with Crippen LogP contribution in [0.15, 0.2) is 83.3 Å². The van der Waals surface area contributed by atoms with Gasteiger partial charge in [-0.2, -0.15) is 0 Å². The summed E-state index contributed by atoms with van der Waals surface area (Å²) in [5.41, 5.74) is 2.40. The van der Waals surface area contributed by atoms with E-state index in [1.807, 2.05) is 54.6 Å². The van der Waals surface area contributed by atoms with Crippen molar-refractivity contribution >= 4 is 15.9 Å². The van der Waals surface area contributed by atoms with Crippen LogP contribution in [-0.4, -0.2) is 6.61 Å². The average Bonchev–Trinajstić information content (AvgIpc) is 2.62. The minimum Gasteiger partial charge on any atom is -0.493 e. The zero-order valence-electron chi connectivity index (χ0n) is 13.3. The first-order chi connectivity index (χ1) is 11.8. The van der Waals surface area contributed by atoms with Crippen LogP contribution in [0.2, 0.25) is 0 Å². The van der Waals surface area contributed by atoms with Crippen LogP contribution in [0, 0.1) is 0 Å². The molecular weight excluding hydrogens is 364 g/mol. The van der Waals surface area contributed by atoms with E-state index in [-0.39, 0.29) is 0 Å². The maximum absolute atomic E-state index is 5.80. The van der Waals surface area contributed by atoms with Crippen molar-refractivity contribution in [3.8, 4) is 11.5 Å². The van der Waals surface area contributed by atoms with Gasteiger partial charge in [0.2, 0.25) is 0 Å². The second-order valence-electron chi connectivity index (χ2n) is 5.47. The van der Waals surface area contributed by atoms with E-state index in [0.717, 1.165) is 28.0 Å².